The number of aromatic nitrogens is 1. The number of hydrogen-bond donors (Lipinski definition) is 2. The van der Waals surface area contributed by atoms with Gasteiger partial charge in [-0.25, -0.2) is 18.4 Å². The van der Waals surface area contributed by atoms with Crippen LogP contribution in [0.15, 0.2) is 24.4 Å². The number of primary sulfonamides is 1. The number of hydrogen-bond acceptors (Lipinski definition) is 5. The van der Waals surface area contributed by atoms with E-state index in [1.165, 1.54) is 4.90 Å². The van der Waals surface area contributed by atoms with Gasteiger partial charge in [0, 0.05) is 37.2 Å². The number of nitrogens with two attached hydrogens (primary N) is 1. The molecule has 1 aromatic rings. The molecule has 0 radical (unpaired) electrons. The molecule has 8 nitrogen and oxygen atoms in total. The maximum Gasteiger partial charge on any atom is 0.326 e. The summed E-state index contributed by atoms with van der Waals surface area (Å²) < 4.78 is 22.2. The summed E-state index contributed by atoms with van der Waals surface area (Å²) in [5, 5.41) is 14.3. The first kappa shape index (κ1) is 16.4. The van der Waals surface area contributed by atoms with Crippen LogP contribution in [0.1, 0.15) is 12.1 Å². The number of nitrogens with zero attached hydrogens (tertiary/aromatic N) is 2. The van der Waals surface area contributed by atoms with E-state index in [0.29, 0.717) is 5.69 Å². The maximum atomic E-state index is 12.0. The molecule has 2 rings (SSSR count). The molecule has 0 aliphatic carbocycles. The van der Waals surface area contributed by atoms with Gasteiger partial charge in [-0.3, -0.25) is 9.78 Å². The normalized spacial score (nSPS) is 20.1. The zero-order valence-corrected chi connectivity index (χ0v) is 12.6. The second kappa shape index (κ2) is 6.41. The molecule has 1 amide bonds. The predicted octanol–water partition coefficient (Wildman–Crippen LogP) is -0.786. The molecule has 1 saturated heterocycles. The summed E-state index contributed by atoms with van der Waals surface area (Å²) in [6.07, 6.45) is 1.61. The van der Waals surface area contributed by atoms with Crippen molar-refractivity contribution in [1.29, 1.82) is 0 Å². The molecule has 0 bridgehead atoms. The number of carboxylic acids is 1. The third-order valence-electron chi connectivity index (χ3n) is 3.50. The summed E-state index contributed by atoms with van der Waals surface area (Å²) in [6.45, 7) is 0.0685. The fraction of sp³-hybridized carbons (Fsp3) is 0.462. The molecule has 2 heterocycles. The van der Waals surface area contributed by atoms with Crippen LogP contribution in [0.3, 0.4) is 0 Å². The Labute approximate surface area is 128 Å². The highest BCUT2D eigenvalue weighted by Crippen LogP contribution is 2.23. The Balaban J connectivity index is 2.12. The van der Waals surface area contributed by atoms with Crippen LogP contribution in [0, 0.1) is 5.92 Å². The molecule has 0 spiro atoms. The number of carbonyl (C=O) groups excluding carboxylic acids is 1. The fourth-order valence-electron chi connectivity index (χ4n) is 2.60. The van der Waals surface area contributed by atoms with Crippen molar-refractivity contribution in [3.8, 4) is 0 Å². The molecule has 1 aliphatic rings. The molecule has 22 heavy (non-hydrogen) atoms. The number of rotatable bonds is 6. The van der Waals surface area contributed by atoms with Crippen LogP contribution in [0.5, 0.6) is 0 Å². The Hall–Kier alpha value is -2.00. The smallest absolute Gasteiger partial charge is 0.326 e. The van der Waals surface area contributed by atoms with Gasteiger partial charge in [-0.05, 0) is 12.1 Å². The summed E-state index contributed by atoms with van der Waals surface area (Å²) in [6, 6.07) is 4.06. The molecule has 1 unspecified atom stereocenters. The summed E-state index contributed by atoms with van der Waals surface area (Å²) in [5.74, 6) is -2.33. The van der Waals surface area contributed by atoms with E-state index in [1.807, 2.05) is 0 Å². The largest absolute Gasteiger partial charge is 0.480 e. The summed E-state index contributed by atoms with van der Waals surface area (Å²) >= 11 is 0. The van der Waals surface area contributed by atoms with Crippen LogP contribution < -0.4 is 5.14 Å². The lowest BCUT2D eigenvalue weighted by Gasteiger charge is -2.24. The number of carbonyl (C=O) groups is 2. The van der Waals surface area contributed by atoms with Crippen molar-refractivity contribution in [3.05, 3.63) is 30.1 Å². The van der Waals surface area contributed by atoms with Crippen molar-refractivity contribution in [2.24, 2.45) is 11.1 Å². The van der Waals surface area contributed by atoms with Crippen LogP contribution in [0.2, 0.25) is 0 Å². The minimum Gasteiger partial charge on any atom is -0.480 e. The van der Waals surface area contributed by atoms with E-state index in [2.05, 4.69) is 4.98 Å². The zero-order chi connectivity index (χ0) is 16.3. The molecular weight excluding hydrogens is 310 g/mol. The molecular formula is C13H17N3O5S. The van der Waals surface area contributed by atoms with Gasteiger partial charge in [0.1, 0.15) is 6.04 Å². The SMILES string of the molecule is NS(=O)(=O)CC1CC(=O)N([C@@H](Cc2ccccn2)C(=O)O)C1. The first-order valence-corrected chi connectivity index (χ1v) is 8.40. The van der Waals surface area contributed by atoms with Crippen LogP contribution >= 0.6 is 0 Å². The number of likely N-dealkylation sites (tertiary alicyclic amines) is 1. The van der Waals surface area contributed by atoms with E-state index in [1.54, 1.807) is 24.4 Å². The molecule has 1 fully saturated rings. The first-order valence-electron chi connectivity index (χ1n) is 6.69. The van der Waals surface area contributed by atoms with E-state index in [9.17, 15) is 23.1 Å². The third-order valence-corrected chi connectivity index (χ3v) is 4.43. The topological polar surface area (TPSA) is 131 Å². The molecule has 120 valence electrons. The highest BCUT2D eigenvalue weighted by atomic mass is 32.2. The Morgan fingerprint density at radius 2 is 2.23 bits per heavy atom. The van der Waals surface area contributed by atoms with Gasteiger partial charge in [0.15, 0.2) is 0 Å². The van der Waals surface area contributed by atoms with Gasteiger partial charge >= 0.3 is 5.97 Å². The maximum absolute atomic E-state index is 12.0. The minimum atomic E-state index is -3.70. The van der Waals surface area contributed by atoms with Crippen molar-refractivity contribution >= 4 is 21.9 Å². The Bertz CT molecular complexity index is 662. The minimum absolute atomic E-state index is 0.0115. The number of amides is 1. The molecule has 1 aliphatic heterocycles. The molecule has 1 aromatic heterocycles. The van der Waals surface area contributed by atoms with Crippen molar-refractivity contribution in [3.63, 3.8) is 0 Å². The average Bonchev–Trinajstić information content (AvgIpc) is 2.75. The average molecular weight is 327 g/mol. The van der Waals surface area contributed by atoms with Gasteiger partial charge in [-0.15, -0.1) is 0 Å². The van der Waals surface area contributed by atoms with E-state index in [-0.39, 0.29) is 31.0 Å². The molecule has 0 aromatic carbocycles. The third kappa shape index (κ3) is 4.25. The van der Waals surface area contributed by atoms with Crippen molar-refractivity contribution in [2.45, 2.75) is 18.9 Å². The highest BCUT2D eigenvalue weighted by Gasteiger charge is 2.39. The van der Waals surface area contributed by atoms with Gasteiger partial charge in [-0.1, -0.05) is 6.07 Å². The van der Waals surface area contributed by atoms with Crippen LogP contribution in [0.4, 0.5) is 0 Å². The Kier molecular flexibility index (Phi) is 4.77. The van der Waals surface area contributed by atoms with Crippen molar-refractivity contribution < 1.29 is 23.1 Å². The van der Waals surface area contributed by atoms with Crippen LogP contribution in [-0.2, 0) is 26.0 Å². The number of pyridine rings is 1. The second-order valence-electron chi connectivity index (χ2n) is 5.33. The van der Waals surface area contributed by atoms with Crippen LogP contribution in [0.25, 0.3) is 0 Å². The number of aliphatic carboxylic acids is 1. The second-order valence-corrected chi connectivity index (χ2v) is 6.98. The van der Waals surface area contributed by atoms with Gasteiger partial charge in [0.05, 0.1) is 5.75 Å². The lowest BCUT2D eigenvalue weighted by molar-refractivity contribution is -0.148. The summed E-state index contributed by atoms with van der Waals surface area (Å²) in [7, 11) is -3.70. The number of sulfonamides is 1. The Morgan fingerprint density at radius 3 is 2.77 bits per heavy atom. The van der Waals surface area contributed by atoms with Gasteiger partial charge in [-0.2, -0.15) is 0 Å². The fourth-order valence-corrected chi connectivity index (χ4v) is 3.48. The summed E-state index contributed by atoms with van der Waals surface area (Å²) in [4.78, 5) is 28.7. The van der Waals surface area contributed by atoms with Crippen LogP contribution in [-0.4, -0.2) is 53.6 Å². The number of carboxylic acid groups (broad SMARTS) is 1. The van der Waals surface area contributed by atoms with Crippen molar-refractivity contribution in [1.82, 2.24) is 9.88 Å². The molecule has 0 saturated carbocycles. The van der Waals surface area contributed by atoms with Crippen molar-refractivity contribution in [2.75, 3.05) is 12.3 Å². The summed E-state index contributed by atoms with van der Waals surface area (Å²) in [5.41, 5.74) is 0.553. The standard InChI is InChI=1S/C13H17N3O5S/c14-22(20,21)8-9-5-12(17)16(7-9)11(13(18)19)6-10-3-1-2-4-15-10/h1-4,9,11H,5-8H2,(H,18,19)(H2,14,20,21)/t9?,11-/m0/s1. The lowest BCUT2D eigenvalue weighted by Crippen LogP contribution is -2.44. The predicted molar refractivity (Wildman–Crippen MR) is 77.2 cm³/mol. The quantitative estimate of drug-likeness (QED) is 0.704. The lowest BCUT2D eigenvalue weighted by atomic mass is 10.1. The van der Waals surface area contributed by atoms with E-state index in [0.717, 1.165) is 0 Å². The van der Waals surface area contributed by atoms with E-state index in [4.69, 9.17) is 5.14 Å². The highest BCUT2D eigenvalue weighted by molar-refractivity contribution is 7.89. The van der Waals surface area contributed by atoms with E-state index < -0.39 is 28.0 Å². The first-order chi connectivity index (χ1) is 10.3. The molecule has 3 N–H and O–H groups in total. The molecule has 9 heteroatoms. The monoisotopic (exact) mass is 327 g/mol. The van der Waals surface area contributed by atoms with Gasteiger partial charge in [0.25, 0.3) is 0 Å². The van der Waals surface area contributed by atoms with E-state index >= 15 is 0 Å². The van der Waals surface area contributed by atoms with Gasteiger partial charge < -0.3 is 10.0 Å². The Morgan fingerprint density at radius 1 is 1.50 bits per heavy atom. The van der Waals surface area contributed by atoms with Gasteiger partial charge in [0.2, 0.25) is 15.9 Å². The zero-order valence-electron chi connectivity index (χ0n) is 11.8. The molecule has 2 atom stereocenters.